The van der Waals surface area contributed by atoms with E-state index in [4.69, 9.17) is 10.1 Å². The third-order valence-corrected chi connectivity index (χ3v) is 2.90. The van der Waals surface area contributed by atoms with Gasteiger partial charge in [-0.2, -0.15) is 0 Å². The third-order valence-electron chi connectivity index (χ3n) is 2.90. The van der Waals surface area contributed by atoms with E-state index in [2.05, 4.69) is 24.3 Å². The molecule has 2 nitrogen and oxygen atoms in total. The van der Waals surface area contributed by atoms with Gasteiger partial charge in [-0.25, -0.2) is 5.32 Å². The standard InChI is InChI=1S/C13H18NO/c1-2-15-13(10-6-7-11-14-13)12-8-4-3-5-9-12/h3-5,8-9H,2,6-7,10-11H2,1H3. The Hall–Kier alpha value is -0.860. The number of ether oxygens (including phenoxy) is 1. The van der Waals surface area contributed by atoms with Gasteiger partial charge in [-0.05, 0) is 31.7 Å². The van der Waals surface area contributed by atoms with Crippen molar-refractivity contribution in [3.8, 4) is 0 Å². The Balaban J connectivity index is 2.25. The molecule has 1 heterocycles. The average Bonchev–Trinajstić information content (AvgIpc) is 2.32. The summed E-state index contributed by atoms with van der Waals surface area (Å²) < 4.78 is 5.89. The minimum absolute atomic E-state index is 0.353. The molecular weight excluding hydrogens is 186 g/mol. The van der Waals surface area contributed by atoms with Crippen molar-refractivity contribution in [3.05, 3.63) is 35.9 Å². The molecular formula is C13H18NO. The molecule has 0 aliphatic carbocycles. The van der Waals surface area contributed by atoms with E-state index in [0.29, 0.717) is 0 Å². The Morgan fingerprint density at radius 1 is 1.27 bits per heavy atom. The maximum atomic E-state index is 5.89. The molecule has 0 spiro atoms. The van der Waals surface area contributed by atoms with Gasteiger partial charge in [-0.15, -0.1) is 0 Å². The lowest BCUT2D eigenvalue weighted by atomic mass is 9.93. The van der Waals surface area contributed by atoms with Gasteiger partial charge in [0.25, 0.3) is 0 Å². The summed E-state index contributed by atoms with van der Waals surface area (Å²) in [6, 6.07) is 10.4. The summed E-state index contributed by atoms with van der Waals surface area (Å²) in [6.45, 7) is 3.68. The molecule has 0 bridgehead atoms. The normalized spacial score (nSPS) is 26.5. The Labute approximate surface area is 91.6 Å². The summed E-state index contributed by atoms with van der Waals surface area (Å²) in [5.41, 5.74) is 0.848. The summed E-state index contributed by atoms with van der Waals surface area (Å²) in [6.07, 6.45) is 3.42. The molecule has 1 aliphatic rings. The number of rotatable bonds is 3. The fraction of sp³-hybridized carbons (Fsp3) is 0.538. The highest BCUT2D eigenvalue weighted by atomic mass is 16.5. The van der Waals surface area contributed by atoms with E-state index in [1.165, 1.54) is 18.4 Å². The molecule has 1 aliphatic heterocycles. The van der Waals surface area contributed by atoms with Crippen LogP contribution in [0.2, 0.25) is 0 Å². The average molecular weight is 204 g/mol. The number of benzene rings is 1. The van der Waals surface area contributed by atoms with Gasteiger partial charge in [0.2, 0.25) is 0 Å². The Bertz CT molecular complexity index is 285. The number of hydrogen-bond donors (Lipinski definition) is 0. The van der Waals surface area contributed by atoms with Gasteiger partial charge in [0.1, 0.15) is 0 Å². The van der Waals surface area contributed by atoms with Gasteiger partial charge >= 0.3 is 0 Å². The van der Waals surface area contributed by atoms with Crippen LogP contribution in [-0.2, 0) is 10.5 Å². The van der Waals surface area contributed by atoms with Crippen molar-refractivity contribution in [1.29, 1.82) is 0 Å². The molecule has 0 amide bonds. The van der Waals surface area contributed by atoms with E-state index in [1.807, 2.05) is 13.0 Å². The lowest BCUT2D eigenvalue weighted by molar-refractivity contribution is -0.0922. The largest absolute Gasteiger partial charge is 0.355 e. The highest BCUT2D eigenvalue weighted by Crippen LogP contribution is 2.32. The SMILES string of the molecule is CCOC1(c2ccccc2)CCCC[N]1. The second-order valence-corrected chi connectivity index (χ2v) is 3.92. The first-order valence-electron chi connectivity index (χ1n) is 5.75. The molecule has 15 heavy (non-hydrogen) atoms. The summed E-state index contributed by atoms with van der Waals surface area (Å²) >= 11 is 0. The van der Waals surface area contributed by atoms with Gasteiger partial charge < -0.3 is 4.74 Å². The van der Waals surface area contributed by atoms with Crippen molar-refractivity contribution < 1.29 is 4.74 Å². The Morgan fingerprint density at radius 2 is 2.07 bits per heavy atom. The number of hydrogen-bond acceptors (Lipinski definition) is 1. The second-order valence-electron chi connectivity index (χ2n) is 3.92. The summed E-state index contributed by atoms with van der Waals surface area (Å²) in [7, 11) is 0. The topological polar surface area (TPSA) is 23.3 Å². The number of piperidine rings is 1. The van der Waals surface area contributed by atoms with Crippen LogP contribution in [0.4, 0.5) is 0 Å². The third kappa shape index (κ3) is 2.21. The van der Waals surface area contributed by atoms with Crippen molar-refractivity contribution in [1.82, 2.24) is 5.32 Å². The van der Waals surface area contributed by atoms with Crippen LogP contribution in [0.25, 0.3) is 0 Å². The van der Waals surface area contributed by atoms with Crippen molar-refractivity contribution in [2.24, 2.45) is 0 Å². The summed E-state index contributed by atoms with van der Waals surface area (Å²) in [5.74, 6) is 0. The Morgan fingerprint density at radius 3 is 2.67 bits per heavy atom. The smallest absolute Gasteiger partial charge is 0.160 e. The summed E-state index contributed by atoms with van der Waals surface area (Å²) in [4.78, 5) is 0. The van der Waals surface area contributed by atoms with Crippen molar-refractivity contribution in [2.45, 2.75) is 31.9 Å². The van der Waals surface area contributed by atoms with Crippen LogP contribution < -0.4 is 5.32 Å². The second kappa shape index (κ2) is 4.77. The molecule has 1 aromatic rings. The van der Waals surface area contributed by atoms with Crippen molar-refractivity contribution in [3.63, 3.8) is 0 Å². The van der Waals surface area contributed by atoms with Crippen LogP contribution >= 0.6 is 0 Å². The Kier molecular flexibility index (Phi) is 3.39. The van der Waals surface area contributed by atoms with Gasteiger partial charge in [0.05, 0.1) is 0 Å². The highest BCUT2D eigenvalue weighted by molar-refractivity contribution is 5.22. The zero-order chi connectivity index (χ0) is 10.6. The molecule has 81 valence electrons. The molecule has 1 atom stereocenters. The predicted molar refractivity (Wildman–Crippen MR) is 60.6 cm³/mol. The molecule has 1 aromatic carbocycles. The van der Waals surface area contributed by atoms with E-state index in [9.17, 15) is 0 Å². The van der Waals surface area contributed by atoms with Crippen LogP contribution in [0.5, 0.6) is 0 Å². The minimum atomic E-state index is -0.353. The molecule has 1 radical (unpaired) electrons. The fourth-order valence-electron chi connectivity index (χ4n) is 2.19. The first-order chi connectivity index (χ1) is 7.37. The molecule has 1 fully saturated rings. The van der Waals surface area contributed by atoms with Crippen LogP contribution in [0, 0.1) is 0 Å². The van der Waals surface area contributed by atoms with E-state index in [-0.39, 0.29) is 5.72 Å². The van der Waals surface area contributed by atoms with Gasteiger partial charge in [-0.3, -0.25) is 0 Å². The minimum Gasteiger partial charge on any atom is -0.355 e. The molecule has 1 unspecified atom stereocenters. The monoisotopic (exact) mass is 204 g/mol. The quantitative estimate of drug-likeness (QED) is 0.742. The maximum absolute atomic E-state index is 5.89. The van der Waals surface area contributed by atoms with Crippen molar-refractivity contribution >= 4 is 0 Å². The van der Waals surface area contributed by atoms with E-state index >= 15 is 0 Å². The first-order valence-corrected chi connectivity index (χ1v) is 5.75. The lowest BCUT2D eigenvalue weighted by Crippen LogP contribution is -2.43. The molecule has 0 aromatic heterocycles. The van der Waals surface area contributed by atoms with E-state index < -0.39 is 0 Å². The molecule has 1 saturated heterocycles. The van der Waals surface area contributed by atoms with Crippen LogP contribution in [-0.4, -0.2) is 13.2 Å². The van der Waals surface area contributed by atoms with Crippen LogP contribution in [0.1, 0.15) is 31.7 Å². The molecule has 0 saturated carbocycles. The van der Waals surface area contributed by atoms with E-state index in [1.54, 1.807) is 0 Å². The highest BCUT2D eigenvalue weighted by Gasteiger charge is 2.35. The van der Waals surface area contributed by atoms with Gasteiger partial charge in [0.15, 0.2) is 5.72 Å². The lowest BCUT2D eigenvalue weighted by Gasteiger charge is -2.36. The van der Waals surface area contributed by atoms with Crippen LogP contribution in [0.15, 0.2) is 30.3 Å². The van der Waals surface area contributed by atoms with E-state index in [0.717, 1.165) is 19.6 Å². The van der Waals surface area contributed by atoms with Gasteiger partial charge in [-0.1, -0.05) is 30.3 Å². The molecule has 0 N–H and O–H groups in total. The van der Waals surface area contributed by atoms with Crippen molar-refractivity contribution in [2.75, 3.05) is 13.2 Å². The number of nitrogens with zero attached hydrogens (tertiary/aromatic N) is 1. The summed E-state index contributed by atoms with van der Waals surface area (Å²) in [5, 5.41) is 4.70. The predicted octanol–water partition coefficient (Wildman–Crippen LogP) is 2.66. The maximum Gasteiger partial charge on any atom is 0.160 e. The zero-order valence-electron chi connectivity index (χ0n) is 9.28. The fourth-order valence-corrected chi connectivity index (χ4v) is 2.19. The van der Waals surface area contributed by atoms with Gasteiger partial charge in [0, 0.05) is 13.2 Å². The first kappa shape index (κ1) is 10.7. The van der Waals surface area contributed by atoms with Crippen LogP contribution in [0.3, 0.4) is 0 Å². The molecule has 2 rings (SSSR count). The molecule has 2 heteroatoms. The zero-order valence-corrected chi connectivity index (χ0v) is 9.28.